The average molecular weight is 262 g/mol. The highest BCUT2D eigenvalue weighted by Crippen LogP contribution is 2.34. The van der Waals surface area contributed by atoms with Gasteiger partial charge in [-0.15, -0.1) is 0 Å². The maximum absolute atomic E-state index is 11.7. The summed E-state index contributed by atoms with van der Waals surface area (Å²) in [5, 5.41) is 0. The summed E-state index contributed by atoms with van der Waals surface area (Å²) >= 11 is 0. The lowest BCUT2D eigenvalue weighted by Gasteiger charge is -2.37. The van der Waals surface area contributed by atoms with Gasteiger partial charge in [0.25, 0.3) is 10.2 Å². The monoisotopic (exact) mass is 262 g/mol. The van der Waals surface area contributed by atoms with Gasteiger partial charge in [0.05, 0.1) is 0 Å². The van der Waals surface area contributed by atoms with Gasteiger partial charge in [0, 0.05) is 32.8 Å². The number of rotatable bonds is 5. The molecule has 0 amide bonds. The summed E-state index contributed by atoms with van der Waals surface area (Å²) in [6.07, 6.45) is 2.05. The van der Waals surface area contributed by atoms with Gasteiger partial charge in [0.2, 0.25) is 0 Å². The van der Waals surface area contributed by atoms with E-state index in [4.69, 9.17) is 4.74 Å². The minimum atomic E-state index is -3.21. The molecule has 0 aliphatic carbocycles. The van der Waals surface area contributed by atoms with E-state index in [0.29, 0.717) is 25.6 Å². The van der Waals surface area contributed by atoms with Crippen molar-refractivity contribution in [3.63, 3.8) is 0 Å². The zero-order valence-electron chi connectivity index (χ0n) is 10.6. The smallest absolute Gasteiger partial charge is 0.279 e. The van der Waals surface area contributed by atoms with Crippen LogP contribution in [-0.4, -0.2) is 45.6 Å². The van der Waals surface area contributed by atoms with Crippen molar-refractivity contribution in [2.24, 2.45) is 11.3 Å². The summed E-state index contributed by atoms with van der Waals surface area (Å²) in [5.41, 5.74) is -0.00708. The number of nitrogens with one attached hydrogen (secondary N) is 1. The molecular formula is C11H22N2O3S. The van der Waals surface area contributed by atoms with Crippen LogP contribution in [0.2, 0.25) is 0 Å². The van der Waals surface area contributed by atoms with Crippen LogP contribution in [-0.2, 0) is 14.9 Å². The van der Waals surface area contributed by atoms with E-state index >= 15 is 0 Å². The van der Waals surface area contributed by atoms with Gasteiger partial charge in [-0.3, -0.25) is 0 Å². The largest absolute Gasteiger partial charge is 0.381 e. The lowest BCUT2D eigenvalue weighted by molar-refractivity contribution is 0.0244. The quantitative estimate of drug-likeness (QED) is 0.738. The van der Waals surface area contributed by atoms with E-state index in [9.17, 15) is 8.42 Å². The summed E-state index contributed by atoms with van der Waals surface area (Å²) in [5.74, 6) is 0.535. The lowest BCUT2D eigenvalue weighted by Crippen LogP contribution is -2.42. The fourth-order valence-electron chi connectivity index (χ4n) is 2.27. The molecule has 2 rings (SSSR count). The second kappa shape index (κ2) is 4.84. The van der Waals surface area contributed by atoms with E-state index in [1.54, 1.807) is 0 Å². The minimum absolute atomic E-state index is 0.00708. The molecule has 2 aliphatic rings. The van der Waals surface area contributed by atoms with Gasteiger partial charge in [-0.1, -0.05) is 13.8 Å². The molecule has 2 aliphatic heterocycles. The van der Waals surface area contributed by atoms with Crippen LogP contribution in [0.15, 0.2) is 0 Å². The van der Waals surface area contributed by atoms with E-state index in [1.165, 1.54) is 4.31 Å². The van der Waals surface area contributed by atoms with Gasteiger partial charge >= 0.3 is 0 Å². The normalized spacial score (nSPS) is 23.9. The van der Waals surface area contributed by atoms with Crippen LogP contribution in [0.1, 0.15) is 26.7 Å². The fourth-order valence-corrected chi connectivity index (χ4v) is 3.57. The van der Waals surface area contributed by atoms with Crippen LogP contribution in [0.25, 0.3) is 0 Å². The molecular weight excluding hydrogens is 240 g/mol. The average Bonchev–Trinajstić information content (AvgIpc) is 3.12. The molecule has 6 heteroatoms. The van der Waals surface area contributed by atoms with Crippen LogP contribution >= 0.6 is 0 Å². The van der Waals surface area contributed by atoms with Gasteiger partial charge in [-0.05, 0) is 24.2 Å². The first-order valence-corrected chi connectivity index (χ1v) is 7.68. The van der Waals surface area contributed by atoms with E-state index < -0.39 is 10.2 Å². The third-order valence-corrected chi connectivity index (χ3v) is 5.34. The molecule has 1 N–H and O–H groups in total. The molecule has 2 heterocycles. The first-order valence-electron chi connectivity index (χ1n) is 6.24. The summed E-state index contributed by atoms with van der Waals surface area (Å²) < 4.78 is 32.9. The van der Waals surface area contributed by atoms with E-state index in [-0.39, 0.29) is 5.41 Å². The van der Waals surface area contributed by atoms with Crippen molar-refractivity contribution in [2.75, 3.05) is 32.8 Å². The Morgan fingerprint density at radius 2 is 1.88 bits per heavy atom. The molecule has 0 bridgehead atoms. The first kappa shape index (κ1) is 13.3. The third-order valence-electron chi connectivity index (χ3n) is 3.78. The van der Waals surface area contributed by atoms with Crippen molar-refractivity contribution in [1.82, 2.24) is 9.03 Å². The molecule has 0 unspecified atom stereocenters. The van der Waals surface area contributed by atoms with Crippen molar-refractivity contribution in [1.29, 1.82) is 0 Å². The van der Waals surface area contributed by atoms with Gasteiger partial charge in [-0.2, -0.15) is 12.7 Å². The molecule has 0 aromatic heterocycles. The molecule has 17 heavy (non-hydrogen) atoms. The van der Waals surface area contributed by atoms with Crippen LogP contribution in [0.5, 0.6) is 0 Å². The Morgan fingerprint density at radius 1 is 1.29 bits per heavy atom. The van der Waals surface area contributed by atoms with Crippen LogP contribution < -0.4 is 4.72 Å². The van der Waals surface area contributed by atoms with Crippen molar-refractivity contribution in [3.05, 3.63) is 0 Å². The Bertz CT molecular complexity index is 357. The molecule has 0 saturated carbocycles. The van der Waals surface area contributed by atoms with Crippen LogP contribution in [0, 0.1) is 11.3 Å². The standard InChI is InChI=1S/C11H22N2O3S/c1-11(2,10-3-7-16-8-4-10)9-12-17(14,15)13-5-6-13/h10,12H,3-9H2,1-2H3. The Hall–Kier alpha value is -0.170. The Balaban J connectivity index is 1.87. The molecule has 0 aromatic carbocycles. The maximum Gasteiger partial charge on any atom is 0.279 e. The zero-order valence-corrected chi connectivity index (χ0v) is 11.4. The van der Waals surface area contributed by atoms with Crippen LogP contribution in [0.4, 0.5) is 0 Å². The molecule has 0 atom stereocenters. The van der Waals surface area contributed by atoms with Gasteiger partial charge in [0.15, 0.2) is 0 Å². The lowest BCUT2D eigenvalue weighted by atomic mass is 9.75. The van der Waals surface area contributed by atoms with Crippen molar-refractivity contribution >= 4 is 10.2 Å². The predicted molar refractivity (Wildman–Crippen MR) is 65.8 cm³/mol. The van der Waals surface area contributed by atoms with E-state index in [2.05, 4.69) is 18.6 Å². The highest BCUT2D eigenvalue weighted by Gasteiger charge is 2.36. The number of nitrogens with zero attached hydrogens (tertiary/aromatic N) is 1. The topological polar surface area (TPSA) is 58.4 Å². The number of hydrogen-bond acceptors (Lipinski definition) is 3. The van der Waals surface area contributed by atoms with Gasteiger partial charge in [0.1, 0.15) is 0 Å². The summed E-state index contributed by atoms with van der Waals surface area (Å²) in [4.78, 5) is 0. The van der Waals surface area contributed by atoms with E-state index in [0.717, 1.165) is 26.1 Å². The molecule has 0 aromatic rings. The first-order chi connectivity index (χ1) is 7.92. The predicted octanol–water partition coefficient (Wildman–Crippen LogP) is 0.589. The molecule has 0 radical (unpaired) electrons. The Labute approximate surface area is 104 Å². The highest BCUT2D eigenvalue weighted by atomic mass is 32.2. The van der Waals surface area contributed by atoms with Gasteiger partial charge < -0.3 is 4.74 Å². The summed E-state index contributed by atoms with van der Waals surface area (Å²) in [7, 11) is -3.21. The maximum atomic E-state index is 11.7. The molecule has 2 fully saturated rings. The fraction of sp³-hybridized carbons (Fsp3) is 1.00. The summed E-state index contributed by atoms with van der Waals surface area (Å²) in [6, 6.07) is 0. The highest BCUT2D eigenvalue weighted by molar-refractivity contribution is 7.87. The Kier molecular flexibility index (Phi) is 3.77. The van der Waals surface area contributed by atoms with Gasteiger partial charge in [-0.25, -0.2) is 4.72 Å². The number of ether oxygens (including phenoxy) is 1. The second-order valence-electron chi connectivity index (χ2n) is 5.60. The van der Waals surface area contributed by atoms with Crippen molar-refractivity contribution in [3.8, 4) is 0 Å². The Morgan fingerprint density at radius 3 is 2.41 bits per heavy atom. The van der Waals surface area contributed by atoms with E-state index in [1.807, 2.05) is 0 Å². The zero-order chi connectivity index (χ0) is 12.5. The summed E-state index contributed by atoms with van der Waals surface area (Å²) in [6.45, 7) is 7.69. The molecule has 0 spiro atoms. The SMILES string of the molecule is CC(C)(CNS(=O)(=O)N1CC1)C1CCOCC1. The number of hydrogen-bond donors (Lipinski definition) is 1. The molecule has 5 nitrogen and oxygen atoms in total. The van der Waals surface area contributed by atoms with Crippen molar-refractivity contribution in [2.45, 2.75) is 26.7 Å². The van der Waals surface area contributed by atoms with Crippen LogP contribution in [0.3, 0.4) is 0 Å². The van der Waals surface area contributed by atoms with Crippen molar-refractivity contribution < 1.29 is 13.2 Å². The molecule has 100 valence electrons. The third kappa shape index (κ3) is 3.40. The second-order valence-corrected chi connectivity index (χ2v) is 7.36. The minimum Gasteiger partial charge on any atom is -0.381 e. The molecule has 2 saturated heterocycles.